The van der Waals surface area contributed by atoms with Crippen molar-refractivity contribution in [2.45, 2.75) is 26.8 Å². The summed E-state index contributed by atoms with van der Waals surface area (Å²) in [6.07, 6.45) is 1.00. The Morgan fingerprint density at radius 2 is 1.94 bits per heavy atom. The summed E-state index contributed by atoms with van der Waals surface area (Å²) >= 11 is 0. The second kappa shape index (κ2) is 7.12. The SMILES string of the molecule is CCCOc1ccc(CNC)cc1OCC. The number of hydrogen-bond donors (Lipinski definition) is 1. The van der Waals surface area contributed by atoms with E-state index >= 15 is 0 Å². The lowest BCUT2D eigenvalue weighted by Gasteiger charge is -2.12. The molecule has 0 spiro atoms. The number of nitrogens with one attached hydrogen (secondary N) is 1. The van der Waals surface area contributed by atoms with Gasteiger partial charge in [-0.2, -0.15) is 0 Å². The van der Waals surface area contributed by atoms with Crippen LogP contribution in [0.2, 0.25) is 0 Å². The van der Waals surface area contributed by atoms with Gasteiger partial charge in [-0.3, -0.25) is 0 Å². The van der Waals surface area contributed by atoms with Crippen molar-refractivity contribution in [1.82, 2.24) is 5.32 Å². The second-order valence-corrected chi connectivity index (χ2v) is 3.59. The van der Waals surface area contributed by atoms with Gasteiger partial charge in [0, 0.05) is 6.54 Å². The van der Waals surface area contributed by atoms with Crippen LogP contribution in [0.3, 0.4) is 0 Å². The van der Waals surface area contributed by atoms with Crippen molar-refractivity contribution in [3.8, 4) is 11.5 Å². The molecule has 1 aromatic rings. The Balaban J connectivity index is 2.80. The van der Waals surface area contributed by atoms with Gasteiger partial charge in [-0.15, -0.1) is 0 Å². The van der Waals surface area contributed by atoms with Gasteiger partial charge in [0.15, 0.2) is 11.5 Å². The maximum absolute atomic E-state index is 5.63. The summed E-state index contributed by atoms with van der Waals surface area (Å²) in [6.45, 7) is 6.30. The van der Waals surface area contributed by atoms with E-state index in [-0.39, 0.29) is 0 Å². The lowest BCUT2D eigenvalue weighted by molar-refractivity contribution is 0.276. The van der Waals surface area contributed by atoms with Crippen LogP contribution < -0.4 is 14.8 Å². The van der Waals surface area contributed by atoms with Crippen LogP contribution in [0.4, 0.5) is 0 Å². The topological polar surface area (TPSA) is 30.5 Å². The summed E-state index contributed by atoms with van der Waals surface area (Å²) < 4.78 is 11.2. The quantitative estimate of drug-likeness (QED) is 0.770. The Hall–Kier alpha value is -1.22. The van der Waals surface area contributed by atoms with Crippen molar-refractivity contribution in [2.75, 3.05) is 20.3 Å². The molecule has 0 aliphatic rings. The molecule has 1 rings (SSSR count). The maximum atomic E-state index is 5.63. The van der Waals surface area contributed by atoms with E-state index in [0.29, 0.717) is 6.61 Å². The molecule has 1 N–H and O–H groups in total. The van der Waals surface area contributed by atoms with Gasteiger partial charge in [0.25, 0.3) is 0 Å². The Kier molecular flexibility index (Phi) is 5.72. The standard InChI is InChI=1S/C13H21NO2/c1-4-8-16-12-7-6-11(10-14-3)9-13(12)15-5-2/h6-7,9,14H,4-5,8,10H2,1-3H3. The highest BCUT2D eigenvalue weighted by Crippen LogP contribution is 2.28. The van der Waals surface area contributed by atoms with Crippen LogP contribution in [0.1, 0.15) is 25.8 Å². The molecule has 3 heteroatoms. The maximum Gasteiger partial charge on any atom is 0.161 e. The minimum Gasteiger partial charge on any atom is -0.490 e. The molecule has 0 amide bonds. The van der Waals surface area contributed by atoms with E-state index in [2.05, 4.69) is 18.3 Å². The van der Waals surface area contributed by atoms with Gasteiger partial charge >= 0.3 is 0 Å². The first-order valence-electron chi connectivity index (χ1n) is 5.84. The molecule has 16 heavy (non-hydrogen) atoms. The van der Waals surface area contributed by atoms with Crippen LogP contribution in [-0.2, 0) is 6.54 Å². The first-order valence-corrected chi connectivity index (χ1v) is 5.84. The van der Waals surface area contributed by atoms with E-state index in [9.17, 15) is 0 Å². The minimum atomic E-state index is 0.658. The molecule has 0 aromatic heterocycles. The minimum absolute atomic E-state index is 0.658. The summed E-state index contributed by atoms with van der Waals surface area (Å²) in [5.41, 5.74) is 1.20. The summed E-state index contributed by atoms with van der Waals surface area (Å²) in [7, 11) is 1.93. The van der Waals surface area contributed by atoms with Gasteiger partial charge in [-0.05, 0) is 38.1 Å². The molecule has 0 aliphatic heterocycles. The molecule has 0 saturated heterocycles. The highest BCUT2D eigenvalue weighted by molar-refractivity contribution is 5.43. The summed E-state index contributed by atoms with van der Waals surface area (Å²) in [5.74, 6) is 1.67. The highest BCUT2D eigenvalue weighted by Gasteiger charge is 2.05. The van der Waals surface area contributed by atoms with E-state index in [4.69, 9.17) is 9.47 Å². The highest BCUT2D eigenvalue weighted by atomic mass is 16.5. The average Bonchev–Trinajstić information content (AvgIpc) is 2.29. The lowest BCUT2D eigenvalue weighted by atomic mass is 10.2. The molecule has 0 saturated carbocycles. The third kappa shape index (κ3) is 3.74. The predicted molar refractivity (Wildman–Crippen MR) is 66.2 cm³/mol. The average molecular weight is 223 g/mol. The van der Waals surface area contributed by atoms with Gasteiger partial charge in [0.2, 0.25) is 0 Å². The lowest BCUT2D eigenvalue weighted by Crippen LogP contribution is -2.06. The molecular weight excluding hydrogens is 202 g/mol. The molecule has 0 aliphatic carbocycles. The molecule has 0 fully saturated rings. The number of ether oxygens (including phenoxy) is 2. The molecule has 0 unspecified atom stereocenters. The number of hydrogen-bond acceptors (Lipinski definition) is 3. The van der Waals surface area contributed by atoms with Gasteiger partial charge in [-0.25, -0.2) is 0 Å². The fraction of sp³-hybridized carbons (Fsp3) is 0.538. The number of rotatable bonds is 7. The van der Waals surface area contributed by atoms with Crippen LogP contribution in [0.5, 0.6) is 11.5 Å². The smallest absolute Gasteiger partial charge is 0.161 e. The molecule has 0 radical (unpaired) electrons. The fourth-order valence-electron chi connectivity index (χ4n) is 1.47. The van der Waals surface area contributed by atoms with Crippen LogP contribution in [-0.4, -0.2) is 20.3 Å². The molecule has 0 atom stereocenters. The van der Waals surface area contributed by atoms with Gasteiger partial charge < -0.3 is 14.8 Å². The zero-order chi connectivity index (χ0) is 11.8. The Labute approximate surface area is 97.8 Å². The van der Waals surface area contributed by atoms with Crippen LogP contribution in [0.25, 0.3) is 0 Å². The normalized spacial score (nSPS) is 10.2. The van der Waals surface area contributed by atoms with Crippen molar-refractivity contribution in [3.63, 3.8) is 0 Å². The van der Waals surface area contributed by atoms with E-state index in [1.807, 2.05) is 26.1 Å². The van der Waals surface area contributed by atoms with Crippen LogP contribution in [0, 0.1) is 0 Å². The first kappa shape index (κ1) is 12.8. The third-order valence-electron chi connectivity index (χ3n) is 2.15. The molecule has 0 heterocycles. The largest absolute Gasteiger partial charge is 0.490 e. The van der Waals surface area contributed by atoms with E-state index in [0.717, 1.165) is 31.1 Å². The zero-order valence-corrected chi connectivity index (χ0v) is 10.4. The van der Waals surface area contributed by atoms with Crippen molar-refractivity contribution in [1.29, 1.82) is 0 Å². The van der Waals surface area contributed by atoms with Gasteiger partial charge in [-0.1, -0.05) is 13.0 Å². The first-order chi connectivity index (χ1) is 7.81. The predicted octanol–water partition coefficient (Wildman–Crippen LogP) is 2.59. The Bertz CT molecular complexity index is 313. The second-order valence-electron chi connectivity index (χ2n) is 3.59. The van der Waals surface area contributed by atoms with E-state index in [1.54, 1.807) is 0 Å². The Morgan fingerprint density at radius 3 is 2.56 bits per heavy atom. The summed E-state index contributed by atoms with van der Waals surface area (Å²) in [6, 6.07) is 6.07. The fourth-order valence-corrected chi connectivity index (χ4v) is 1.47. The van der Waals surface area contributed by atoms with Crippen LogP contribution >= 0.6 is 0 Å². The van der Waals surface area contributed by atoms with Gasteiger partial charge in [0.05, 0.1) is 13.2 Å². The van der Waals surface area contributed by atoms with Crippen molar-refractivity contribution in [3.05, 3.63) is 23.8 Å². The molecule has 90 valence electrons. The summed E-state index contributed by atoms with van der Waals surface area (Å²) in [5, 5.41) is 3.12. The molecule has 0 bridgehead atoms. The van der Waals surface area contributed by atoms with Crippen molar-refractivity contribution in [2.24, 2.45) is 0 Å². The molecule has 1 aromatic carbocycles. The Morgan fingerprint density at radius 1 is 1.12 bits per heavy atom. The summed E-state index contributed by atoms with van der Waals surface area (Å²) in [4.78, 5) is 0. The van der Waals surface area contributed by atoms with E-state index < -0.39 is 0 Å². The third-order valence-corrected chi connectivity index (χ3v) is 2.15. The van der Waals surface area contributed by atoms with Gasteiger partial charge in [0.1, 0.15) is 0 Å². The molecular formula is C13H21NO2. The van der Waals surface area contributed by atoms with Crippen molar-refractivity contribution < 1.29 is 9.47 Å². The monoisotopic (exact) mass is 223 g/mol. The zero-order valence-electron chi connectivity index (χ0n) is 10.4. The van der Waals surface area contributed by atoms with E-state index in [1.165, 1.54) is 5.56 Å². The van der Waals surface area contributed by atoms with Crippen LogP contribution in [0.15, 0.2) is 18.2 Å². The van der Waals surface area contributed by atoms with Crippen molar-refractivity contribution >= 4 is 0 Å². The number of benzene rings is 1. The molecule has 3 nitrogen and oxygen atoms in total.